The van der Waals surface area contributed by atoms with E-state index in [9.17, 15) is 5.11 Å². The van der Waals surface area contributed by atoms with Crippen molar-refractivity contribution in [2.75, 3.05) is 0 Å². The van der Waals surface area contributed by atoms with Gasteiger partial charge in [-0.3, -0.25) is 0 Å². The zero-order valence-corrected chi connectivity index (χ0v) is 9.72. The average molecular weight is 184 g/mol. The molecule has 0 rings (SSSR count). The normalized spacial score (nSPS) is 16.8. The highest BCUT2D eigenvalue weighted by Gasteiger charge is 2.22. The summed E-state index contributed by atoms with van der Waals surface area (Å²) < 4.78 is 0. The van der Waals surface area contributed by atoms with Gasteiger partial charge in [-0.05, 0) is 31.1 Å². The molecule has 2 atom stereocenters. The van der Waals surface area contributed by atoms with Gasteiger partial charge in [0, 0.05) is 0 Å². The van der Waals surface area contributed by atoms with Gasteiger partial charge in [0.15, 0.2) is 0 Å². The summed E-state index contributed by atoms with van der Waals surface area (Å²) in [5.41, 5.74) is 1.35. The van der Waals surface area contributed by atoms with E-state index in [1.54, 1.807) is 0 Å². The van der Waals surface area contributed by atoms with Crippen LogP contribution in [0.2, 0.25) is 0 Å². The number of aliphatic hydroxyl groups excluding tert-OH is 1. The summed E-state index contributed by atoms with van der Waals surface area (Å²) in [5.74, 6) is 0.543. The summed E-state index contributed by atoms with van der Waals surface area (Å²) in [6, 6.07) is 0. The number of hydrogen-bond acceptors (Lipinski definition) is 1. The monoisotopic (exact) mass is 184 g/mol. The van der Waals surface area contributed by atoms with E-state index in [4.69, 9.17) is 0 Å². The molecule has 0 aliphatic carbocycles. The van der Waals surface area contributed by atoms with Crippen LogP contribution in [0.5, 0.6) is 0 Å². The van der Waals surface area contributed by atoms with Crippen molar-refractivity contribution in [1.29, 1.82) is 0 Å². The molecule has 0 saturated heterocycles. The smallest absolute Gasteiger partial charge is 0.0579 e. The first-order valence-corrected chi connectivity index (χ1v) is 5.06. The van der Waals surface area contributed by atoms with Crippen molar-refractivity contribution in [3.8, 4) is 0 Å². The van der Waals surface area contributed by atoms with Crippen molar-refractivity contribution in [2.24, 2.45) is 11.3 Å². The van der Waals surface area contributed by atoms with Gasteiger partial charge in [0.05, 0.1) is 6.10 Å². The van der Waals surface area contributed by atoms with Crippen LogP contribution < -0.4 is 0 Å². The Labute approximate surface area is 82.9 Å². The SMILES string of the molecule is C=C(C)CC(O)CC(C)C(C)(C)C. The van der Waals surface area contributed by atoms with Gasteiger partial charge in [-0.25, -0.2) is 0 Å². The average Bonchev–Trinajstić information content (AvgIpc) is 1.82. The Bertz CT molecular complexity index is 164. The minimum atomic E-state index is -0.216. The van der Waals surface area contributed by atoms with Gasteiger partial charge in [0.25, 0.3) is 0 Å². The maximum absolute atomic E-state index is 9.69. The lowest BCUT2D eigenvalue weighted by Gasteiger charge is -2.29. The summed E-state index contributed by atoms with van der Waals surface area (Å²) in [7, 11) is 0. The molecule has 1 nitrogen and oxygen atoms in total. The van der Waals surface area contributed by atoms with Gasteiger partial charge in [-0.2, -0.15) is 0 Å². The standard InChI is InChI=1S/C12H24O/c1-9(2)7-11(13)8-10(3)12(4,5)6/h10-11,13H,1,7-8H2,2-6H3. The highest BCUT2D eigenvalue weighted by molar-refractivity contribution is 4.91. The fourth-order valence-corrected chi connectivity index (χ4v) is 1.25. The molecule has 0 aromatic heterocycles. The molecule has 0 bridgehead atoms. The molecule has 0 spiro atoms. The molecule has 2 unspecified atom stereocenters. The minimum Gasteiger partial charge on any atom is -0.393 e. The second-order valence-electron chi connectivity index (χ2n) is 5.32. The zero-order valence-electron chi connectivity index (χ0n) is 9.72. The molecular formula is C12H24O. The molecule has 0 amide bonds. The third-order valence-electron chi connectivity index (χ3n) is 2.69. The van der Waals surface area contributed by atoms with Gasteiger partial charge < -0.3 is 5.11 Å². The van der Waals surface area contributed by atoms with E-state index in [0.717, 1.165) is 18.4 Å². The highest BCUT2D eigenvalue weighted by Crippen LogP contribution is 2.29. The van der Waals surface area contributed by atoms with Crippen LogP contribution >= 0.6 is 0 Å². The van der Waals surface area contributed by atoms with Gasteiger partial charge >= 0.3 is 0 Å². The second kappa shape index (κ2) is 4.80. The molecule has 13 heavy (non-hydrogen) atoms. The maximum atomic E-state index is 9.69. The maximum Gasteiger partial charge on any atom is 0.0579 e. The first kappa shape index (κ1) is 12.7. The molecule has 0 saturated carbocycles. The molecule has 0 radical (unpaired) electrons. The fourth-order valence-electron chi connectivity index (χ4n) is 1.25. The molecule has 0 fully saturated rings. The Morgan fingerprint density at radius 1 is 1.38 bits per heavy atom. The van der Waals surface area contributed by atoms with Crippen LogP contribution in [0.1, 0.15) is 47.5 Å². The van der Waals surface area contributed by atoms with E-state index >= 15 is 0 Å². The predicted molar refractivity (Wildman–Crippen MR) is 58.7 cm³/mol. The van der Waals surface area contributed by atoms with Crippen LogP contribution in [0.15, 0.2) is 12.2 Å². The number of hydrogen-bond donors (Lipinski definition) is 1. The molecule has 0 aliphatic heterocycles. The predicted octanol–water partition coefficient (Wildman–Crippen LogP) is 3.39. The Morgan fingerprint density at radius 2 is 1.85 bits per heavy atom. The van der Waals surface area contributed by atoms with Crippen molar-refractivity contribution in [2.45, 2.75) is 53.6 Å². The summed E-state index contributed by atoms with van der Waals surface area (Å²) >= 11 is 0. The van der Waals surface area contributed by atoms with Crippen molar-refractivity contribution >= 4 is 0 Å². The third-order valence-corrected chi connectivity index (χ3v) is 2.69. The topological polar surface area (TPSA) is 20.2 Å². The second-order valence-corrected chi connectivity index (χ2v) is 5.32. The van der Waals surface area contributed by atoms with E-state index in [-0.39, 0.29) is 11.5 Å². The molecule has 0 aromatic carbocycles. The largest absolute Gasteiger partial charge is 0.393 e. The van der Waals surface area contributed by atoms with Crippen LogP contribution in [0.3, 0.4) is 0 Å². The first-order valence-electron chi connectivity index (χ1n) is 5.06. The molecule has 78 valence electrons. The van der Waals surface area contributed by atoms with Gasteiger partial charge in [0.1, 0.15) is 0 Å². The lowest BCUT2D eigenvalue weighted by molar-refractivity contribution is 0.110. The van der Waals surface area contributed by atoms with Crippen molar-refractivity contribution in [3.63, 3.8) is 0 Å². The quantitative estimate of drug-likeness (QED) is 0.664. The summed E-state index contributed by atoms with van der Waals surface area (Å²) in [5, 5.41) is 9.69. The van der Waals surface area contributed by atoms with Gasteiger partial charge in [0.2, 0.25) is 0 Å². The molecular weight excluding hydrogens is 160 g/mol. The molecule has 0 aromatic rings. The van der Waals surface area contributed by atoms with E-state index in [1.165, 1.54) is 0 Å². The fraction of sp³-hybridized carbons (Fsp3) is 0.833. The molecule has 1 N–H and O–H groups in total. The summed E-state index contributed by atoms with van der Waals surface area (Å²) in [4.78, 5) is 0. The van der Waals surface area contributed by atoms with Crippen LogP contribution in [0, 0.1) is 11.3 Å². The van der Waals surface area contributed by atoms with Gasteiger partial charge in [-0.1, -0.05) is 33.3 Å². The van der Waals surface area contributed by atoms with Crippen LogP contribution in [-0.4, -0.2) is 11.2 Å². The highest BCUT2D eigenvalue weighted by atomic mass is 16.3. The molecule has 0 heterocycles. The zero-order chi connectivity index (χ0) is 10.6. The van der Waals surface area contributed by atoms with Crippen molar-refractivity contribution < 1.29 is 5.11 Å². The van der Waals surface area contributed by atoms with Crippen LogP contribution in [0.4, 0.5) is 0 Å². The number of aliphatic hydroxyl groups is 1. The van der Waals surface area contributed by atoms with Crippen LogP contribution in [-0.2, 0) is 0 Å². The van der Waals surface area contributed by atoms with E-state index in [2.05, 4.69) is 34.3 Å². The molecule has 0 aliphatic rings. The van der Waals surface area contributed by atoms with E-state index in [0.29, 0.717) is 5.92 Å². The van der Waals surface area contributed by atoms with Crippen LogP contribution in [0.25, 0.3) is 0 Å². The molecule has 1 heteroatoms. The van der Waals surface area contributed by atoms with Crippen molar-refractivity contribution in [1.82, 2.24) is 0 Å². The first-order chi connectivity index (χ1) is 5.73. The van der Waals surface area contributed by atoms with E-state index < -0.39 is 0 Å². The lowest BCUT2D eigenvalue weighted by atomic mass is 9.78. The van der Waals surface area contributed by atoms with Crippen molar-refractivity contribution in [3.05, 3.63) is 12.2 Å². The third kappa shape index (κ3) is 5.87. The van der Waals surface area contributed by atoms with E-state index in [1.807, 2.05) is 6.92 Å². The minimum absolute atomic E-state index is 0.216. The Balaban J connectivity index is 3.92. The Morgan fingerprint density at radius 3 is 2.15 bits per heavy atom. The summed E-state index contributed by atoms with van der Waals surface area (Å²) in [6.45, 7) is 14.6. The Kier molecular flexibility index (Phi) is 4.69. The van der Waals surface area contributed by atoms with Gasteiger partial charge in [-0.15, -0.1) is 6.58 Å². The number of rotatable bonds is 4. The Hall–Kier alpha value is -0.300. The lowest BCUT2D eigenvalue weighted by Crippen LogP contribution is -2.22. The summed E-state index contributed by atoms with van der Waals surface area (Å²) in [6.07, 6.45) is 1.39.